The maximum atomic E-state index is 5.61. The van der Waals surface area contributed by atoms with Crippen molar-refractivity contribution in [2.24, 2.45) is 5.73 Å². The maximum Gasteiger partial charge on any atom is 0.119 e. The molecule has 0 aliphatic heterocycles. The van der Waals surface area contributed by atoms with E-state index in [9.17, 15) is 0 Å². The van der Waals surface area contributed by atoms with Gasteiger partial charge in [-0.1, -0.05) is 25.2 Å². The van der Waals surface area contributed by atoms with Gasteiger partial charge in [-0.25, -0.2) is 0 Å². The SMILES string of the molecule is CCCCOc1ccc(C#CCN)c(C)c1. The van der Waals surface area contributed by atoms with Crippen molar-refractivity contribution in [1.29, 1.82) is 0 Å². The number of ether oxygens (including phenoxy) is 1. The molecule has 2 nitrogen and oxygen atoms in total. The molecule has 0 unspecified atom stereocenters. The van der Waals surface area contributed by atoms with Crippen molar-refractivity contribution in [2.75, 3.05) is 13.2 Å². The first-order chi connectivity index (χ1) is 7.77. The highest BCUT2D eigenvalue weighted by molar-refractivity contribution is 5.44. The summed E-state index contributed by atoms with van der Waals surface area (Å²) in [5.41, 5.74) is 7.49. The molecule has 0 aliphatic carbocycles. The van der Waals surface area contributed by atoms with Crippen LogP contribution in [-0.4, -0.2) is 13.2 Å². The summed E-state index contributed by atoms with van der Waals surface area (Å²) in [5, 5.41) is 0. The highest BCUT2D eigenvalue weighted by Crippen LogP contribution is 2.16. The largest absolute Gasteiger partial charge is 0.494 e. The summed E-state index contributed by atoms with van der Waals surface area (Å²) in [6.45, 7) is 5.37. The average molecular weight is 217 g/mol. The van der Waals surface area contributed by atoms with Gasteiger partial charge in [-0.2, -0.15) is 0 Å². The van der Waals surface area contributed by atoms with Gasteiger partial charge in [-0.15, -0.1) is 0 Å². The van der Waals surface area contributed by atoms with Gasteiger partial charge < -0.3 is 10.5 Å². The molecule has 1 aromatic rings. The monoisotopic (exact) mass is 217 g/mol. The van der Waals surface area contributed by atoms with Crippen LogP contribution in [-0.2, 0) is 0 Å². The number of rotatable bonds is 4. The van der Waals surface area contributed by atoms with Crippen LogP contribution in [0.5, 0.6) is 5.75 Å². The second-order valence-corrected chi connectivity index (χ2v) is 3.68. The Morgan fingerprint density at radius 1 is 1.38 bits per heavy atom. The first-order valence-corrected chi connectivity index (χ1v) is 5.70. The smallest absolute Gasteiger partial charge is 0.119 e. The third-order valence-corrected chi connectivity index (χ3v) is 2.29. The molecule has 0 spiro atoms. The van der Waals surface area contributed by atoms with Crippen LogP contribution in [0.15, 0.2) is 18.2 Å². The van der Waals surface area contributed by atoms with E-state index in [0.717, 1.165) is 36.3 Å². The Hall–Kier alpha value is -1.46. The zero-order valence-electron chi connectivity index (χ0n) is 10.0. The van der Waals surface area contributed by atoms with E-state index in [0.29, 0.717) is 6.54 Å². The molecule has 1 rings (SSSR count). The van der Waals surface area contributed by atoms with Gasteiger partial charge in [0.2, 0.25) is 0 Å². The average Bonchev–Trinajstić information content (AvgIpc) is 2.28. The second-order valence-electron chi connectivity index (χ2n) is 3.68. The molecule has 86 valence electrons. The van der Waals surface area contributed by atoms with Crippen LogP contribution in [0, 0.1) is 18.8 Å². The van der Waals surface area contributed by atoms with Crippen molar-refractivity contribution in [2.45, 2.75) is 26.7 Å². The van der Waals surface area contributed by atoms with E-state index in [-0.39, 0.29) is 0 Å². The lowest BCUT2D eigenvalue weighted by atomic mass is 10.1. The summed E-state index contributed by atoms with van der Waals surface area (Å²) in [4.78, 5) is 0. The van der Waals surface area contributed by atoms with Crippen LogP contribution < -0.4 is 10.5 Å². The predicted molar refractivity (Wildman–Crippen MR) is 67.5 cm³/mol. The van der Waals surface area contributed by atoms with E-state index in [1.54, 1.807) is 0 Å². The quantitative estimate of drug-likeness (QED) is 0.621. The van der Waals surface area contributed by atoms with E-state index >= 15 is 0 Å². The fourth-order valence-electron chi connectivity index (χ4n) is 1.35. The van der Waals surface area contributed by atoms with E-state index < -0.39 is 0 Å². The minimum atomic E-state index is 0.397. The van der Waals surface area contributed by atoms with Crippen LogP contribution in [0.2, 0.25) is 0 Å². The predicted octanol–water partition coefficient (Wildman–Crippen LogP) is 2.48. The molecule has 0 amide bonds. The van der Waals surface area contributed by atoms with Crippen LogP contribution >= 0.6 is 0 Å². The molecule has 0 saturated heterocycles. The van der Waals surface area contributed by atoms with E-state index in [1.807, 2.05) is 25.1 Å². The van der Waals surface area contributed by atoms with Gasteiger partial charge in [-0.05, 0) is 37.1 Å². The minimum absolute atomic E-state index is 0.397. The Morgan fingerprint density at radius 2 is 2.19 bits per heavy atom. The highest BCUT2D eigenvalue weighted by atomic mass is 16.5. The molecule has 0 heterocycles. The molecule has 0 atom stereocenters. The standard InChI is InChI=1S/C14H19NO/c1-3-4-10-16-14-8-7-13(6-5-9-15)12(2)11-14/h7-8,11H,3-4,9-10,15H2,1-2H3. The molecule has 0 aliphatic rings. The van der Waals surface area contributed by atoms with E-state index in [4.69, 9.17) is 10.5 Å². The van der Waals surface area contributed by atoms with Crippen molar-refractivity contribution >= 4 is 0 Å². The number of nitrogens with two attached hydrogens (primary N) is 1. The van der Waals surface area contributed by atoms with Crippen LogP contribution in [0.25, 0.3) is 0 Å². The lowest BCUT2D eigenvalue weighted by Gasteiger charge is -2.06. The summed E-state index contributed by atoms with van der Waals surface area (Å²) in [7, 11) is 0. The Morgan fingerprint density at radius 3 is 2.81 bits per heavy atom. The fourth-order valence-corrected chi connectivity index (χ4v) is 1.35. The lowest BCUT2D eigenvalue weighted by molar-refractivity contribution is 0.309. The molecule has 0 saturated carbocycles. The molecule has 0 bridgehead atoms. The molecule has 0 aromatic heterocycles. The summed E-state index contributed by atoms with van der Waals surface area (Å²) in [5.74, 6) is 6.81. The summed E-state index contributed by atoms with van der Waals surface area (Å²) >= 11 is 0. The van der Waals surface area contributed by atoms with Crippen molar-refractivity contribution < 1.29 is 4.74 Å². The summed E-state index contributed by atoms with van der Waals surface area (Å²) in [6.07, 6.45) is 2.24. The van der Waals surface area contributed by atoms with Gasteiger partial charge in [0, 0.05) is 5.56 Å². The molecule has 2 N–H and O–H groups in total. The zero-order chi connectivity index (χ0) is 11.8. The van der Waals surface area contributed by atoms with Gasteiger partial charge in [0.05, 0.1) is 13.2 Å². The minimum Gasteiger partial charge on any atom is -0.494 e. The Labute approximate surface area is 97.8 Å². The molecule has 0 radical (unpaired) electrons. The summed E-state index contributed by atoms with van der Waals surface area (Å²) < 4.78 is 5.61. The highest BCUT2D eigenvalue weighted by Gasteiger charge is 1.98. The number of unbranched alkanes of at least 4 members (excludes halogenated alkanes) is 1. The number of benzene rings is 1. The van der Waals surface area contributed by atoms with Gasteiger partial charge in [-0.3, -0.25) is 0 Å². The molecule has 0 fully saturated rings. The molecule has 16 heavy (non-hydrogen) atoms. The van der Waals surface area contributed by atoms with Gasteiger partial charge in [0.25, 0.3) is 0 Å². The Bertz CT molecular complexity index is 387. The third kappa shape index (κ3) is 3.96. The molecular weight excluding hydrogens is 198 g/mol. The van der Waals surface area contributed by atoms with E-state index in [1.165, 1.54) is 0 Å². The Balaban J connectivity index is 2.67. The number of hydrogen-bond acceptors (Lipinski definition) is 2. The molecular formula is C14H19NO. The van der Waals surface area contributed by atoms with Gasteiger partial charge in [0.1, 0.15) is 5.75 Å². The van der Waals surface area contributed by atoms with Crippen molar-refractivity contribution in [3.05, 3.63) is 29.3 Å². The number of aryl methyl sites for hydroxylation is 1. The number of hydrogen-bond donors (Lipinski definition) is 1. The Kier molecular flexibility index (Phi) is 5.45. The van der Waals surface area contributed by atoms with Gasteiger partial charge in [0.15, 0.2) is 0 Å². The van der Waals surface area contributed by atoms with Crippen molar-refractivity contribution in [3.63, 3.8) is 0 Å². The van der Waals surface area contributed by atoms with Crippen molar-refractivity contribution in [3.8, 4) is 17.6 Å². The maximum absolute atomic E-state index is 5.61. The van der Waals surface area contributed by atoms with Crippen LogP contribution in [0.4, 0.5) is 0 Å². The fraction of sp³-hybridized carbons (Fsp3) is 0.429. The van der Waals surface area contributed by atoms with Crippen molar-refractivity contribution in [1.82, 2.24) is 0 Å². The van der Waals surface area contributed by atoms with Crippen LogP contribution in [0.1, 0.15) is 30.9 Å². The second kappa shape index (κ2) is 6.92. The molecule has 1 aromatic carbocycles. The summed E-state index contributed by atoms with van der Waals surface area (Å²) in [6, 6.07) is 5.97. The topological polar surface area (TPSA) is 35.2 Å². The van der Waals surface area contributed by atoms with Gasteiger partial charge >= 0.3 is 0 Å². The third-order valence-electron chi connectivity index (χ3n) is 2.29. The van der Waals surface area contributed by atoms with Crippen LogP contribution in [0.3, 0.4) is 0 Å². The van der Waals surface area contributed by atoms with E-state index in [2.05, 4.69) is 18.8 Å². The lowest BCUT2D eigenvalue weighted by Crippen LogP contribution is -1.97. The normalized spacial score (nSPS) is 9.44. The molecule has 2 heteroatoms. The first-order valence-electron chi connectivity index (χ1n) is 5.70. The zero-order valence-corrected chi connectivity index (χ0v) is 10.0. The first kappa shape index (κ1) is 12.6.